The lowest BCUT2D eigenvalue weighted by Crippen LogP contribution is -2.48. The molecular formula is C21H26N4O3. The van der Waals surface area contributed by atoms with Gasteiger partial charge in [-0.1, -0.05) is 6.07 Å². The van der Waals surface area contributed by atoms with Gasteiger partial charge in [-0.15, -0.1) is 0 Å². The first-order valence-corrected chi connectivity index (χ1v) is 9.92. The number of piperidine rings is 1. The third-order valence-electron chi connectivity index (χ3n) is 5.87. The number of aliphatic hydroxyl groups excluding tert-OH is 1. The van der Waals surface area contributed by atoms with Crippen molar-refractivity contribution >= 4 is 17.5 Å². The summed E-state index contributed by atoms with van der Waals surface area (Å²) in [6.45, 7) is 4.55. The van der Waals surface area contributed by atoms with Gasteiger partial charge >= 0.3 is 0 Å². The van der Waals surface area contributed by atoms with Crippen molar-refractivity contribution in [1.29, 1.82) is 0 Å². The van der Waals surface area contributed by atoms with Gasteiger partial charge in [0.25, 0.3) is 11.8 Å². The maximum Gasteiger partial charge on any atom is 0.276 e. The number of amides is 2. The number of hydrogen-bond acceptors (Lipinski definition) is 4. The van der Waals surface area contributed by atoms with Gasteiger partial charge in [0.15, 0.2) is 5.69 Å². The number of aryl methyl sites for hydroxylation is 2. The number of aliphatic hydroxyl groups is 1. The molecule has 4 rings (SSSR count). The van der Waals surface area contributed by atoms with E-state index in [0.717, 1.165) is 18.4 Å². The van der Waals surface area contributed by atoms with Crippen molar-refractivity contribution in [2.24, 2.45) is 0 Å². The number of nitrogens with one attached hydrogen (secondary N) is 1. The fraction of sp³-hybridized carbons (Fsp3) is 0.476. The van der Waals surface area contributed by atoms with E-state index in [1.54, 1.807) is 23.0 Å². The third-order valence-corrected chi connectivity index (χ3v) is 5.87. The van der Waals surface area contributed by atoms with Crippen LogP contribution in [0.5, 0.6) is 0 Å². The van der Waals surface area contributed by atoms with E-state index < -0.39 is 0 Å². The van der Waals surface area contributed by atoms with Gasteiger partial charge in [0, 0.05) is 36.1 Å². The third kappa shape index (κ3) is 3.42. The molecule has 2 saturated heterocycles. The molecule has 2 N–H and O–H groups in total. The Bertz CT molecular complexity index is 893. The van der Waals surface area contributed by atoms with Crippen LogP contribution in [0, 0.1) is 6.92 Å². The van der Waals surface area contributed by atoms with E-state index in [0.29, 0.717) is 36.3 Å². The van der Waals surface area contributed by atoms with Gasteiger partial charge in [-0.05, 0) is 63.3 Å². The van der Waals surface area contributed by atoms with Crippen molar-refractivity contribution in [1.82, 2.24) is 14.7 Å². The highest BCUT2D eigenvalue weighted by atomic mass is 16.3. The lowest BCUT2D eigenvalue weighted by Gasteiger charge is -2.37. The Labute approximate surface area is 164 Å². The molecule has 1 aromatic heterocycles. The average molecular weight is 382 g/mol. The molecule has 0 spiro atoms. The molecule has 1 unspecified atom stereocenters. The largest absolute Gasteiger partial charge is 0.393 e. The molecule has 0 radical (unpaired) electrons. The number of rotatable bonds is 4. The number of nitrogens with zero attached hydrogens (tertiary/aromatic N) is 3. The number of aromatic nitrogens is 2. The van der Waals surface area contributed by atoms with Gasteiger partial charge in [0.2, 0.25) is 0 Å². The summed E-state index contributed by atoms with van der Waals surface area (Å²) in [5.74, 6) is -0.314. The van der Waals surface area contributed by atoms with E-state index in [9.17, 15) is 14.7 Å². The Morgan fingerprint density at radius 2 is 1.93 bits per heavy atom. The molecule has 28 heavy (non-hydrogen) atoms. The van der Waals surface area contributed by atoms with Crippen LogP contribution in [0.3, 0.4) is 0 Å². The molecule has 2 aliphatic rings. The lowest BCUT2D eigenvalue weighted by atomic mass is 9.98. The molecule has 1 aromatic carbocycles. The highest BCUT2D eigenvalue weighted by Crippen LogP contribution is 2.37. The summed E-state index contributed by atoms with van der Waals surface area (Å²) in [6.07, 6.45) is 4.65. The molecule has 2 aliphatic heterocycles. The summed E-state index contributed by atoms with van der Waals surface area (Å²) in [5.41, 5.74) is 2.41. The first-order chi connectivity index (χ1) is 13.5. The molecule has 3 heterocycles. The fourth-order valence-electron chi connectivity index (χ4n) is 4.36. The summed E-state index contributed by atoms with van der Waals surface area (Å²) in [5, 5.41) is 17.1. The van der Waals surface area contributed by atoms with Gasteiger partial charge < -0.3 is 15.3 Å². The highest BCUT2D eigenvalue weighted by molar-refractivity contribution is 6.04. The minimum absolute atomic E-state index is 0.0230. The van der Waals surface area contributed by atoms with E-state index >= 15 is 0 Å². The fourth-order valence-corrected chi connectivity index (χ4v) is 4.36. The highest BCUT2D eigenvalue weighted by Gasteiger charge is 2.42. The van der Waals surface area contributed by atoms with E-state index in [1.165, 1.54) is 0 Å². The number of benzene rings is 1. The zero-order valence-electron chi connectivity index (χ0n) is 16.3. The molecule has 2 aromatic rings. The Hall–Kier alpha value is -2.67. The number of carbonyl (C=O) groups is 2. The van der Waals surface area contributed by atoms with Gasteiger partial charge in [0.05, 0.1) is 6.10 Å². The van der Waals surface area contributed by atoms with Crippen molar-refractivity contribution in [3.8, 4) is 0 Å². The van der Waals surface area contributed by atoms with Crippen molar-refractivity contribution in [3.05, 3.63) is 47.3 Å². The second-order valence-electron chi connectivity index (χ2n) is 7.76. The first kappa shape index (κ1) is 18.7. The Balaban J connectivity index is 1.54. The summed E-state index contributed by atoms with van der Waals surface area (Å²) in [4.78, 5) is 27.6. The SMILES string of the molecule is CCn1ccc(C(=O)Nc2cc(C(=O)N3[C@@H]4CC[C@H]3CC(O)C4)ccc2C)n1. The molecule has 2 fully saturated rings. The smallest absolute Gasteiger partial charge is 0.276 e. The monoisotopic (exact) mass is 382 g/mol. The topological polar surface area (TPSA) is 87.5 Å². The van der Waals surface area contributed by atoms with Crippen molar-refractivity contribution < 1.29 is 14.7 Å². The average Bonchev–Trinajstić information content (AvgIpc) is 3.26. The summed E-state index contributed by atoms with van der Waals surface area (Å²) in [7, 11) is 0. The van der Waals surface area contributed by atoms with Crippen molar-refractivity contribution in [2.45, 2.75) is 64.3 Å². The summed E-state index contributed by atoms with van der Waals surface area (Å²) < 4.78 is 1.70. The van der Waals surface area contributed by atoms with Crippen LogP contribution >= 0.6 is 0 Å². The zero-order valence-corrected chi connectivity index (χ0v) is 16.3. The second kappa shape index (κ2) is 7.39. The molecule has 2 bridgehead atoms. The number of anilines is 1. The quantitative estimate of drug-likeness (QED) is 0.851. The maximum absolute atomic E-state index is 13.1. The predicted molar refractivity (Wildman–Crippen MR) is 105 cm³/mol. The lowest BCUT2D eigenvalue weighted by molar-refractivity contribution is 0.0287. The molecule has 7 nitrogen and oxygen atoms in total. The normalized spacial score (nSPS) is 23.7. The van der Waals surface area contributed by atoms with Crippen LogP contribution < -0.4 is 5.32 Å². The minimum atomic E-state index is -0.308. The number of fused-ring (bicyclic) bond motifs is 2. The van der Waals surface area contributed by atoms with E-state index in [4.69, 9.17) is 0 Å². The van der Waals surface area contributed by atoms with Gasteiger partial charge in [0.1, 0.15) is 0 Å². The van der Waals surface area contributed by atoms with Crippen LogP contribution in [0.25, 0.3) is 0 Å². The standard InChI is InChI=1S/C21H26N4O3/c1-3-24-9-8-18(23-24)20(27)22-19-10-14(5-4-13(19)2)21(28)25-15-6-7-16(25)12-17(26)11-15/h4-5,8-10,15-17,26H,3,6-7,11-12H2,1-2H3,(H,22,27)/t15-,16+,17?. The van der Waals surface area contributed by atoms with E-state index in [1.807, 2.05) is 30.9 Å². The predicted octanol–water partition coefficient (Wildman–Crippen LogP) is 2.59. The molecule has 3 atom stereocenters. The zero-order chi connectivity index (χ0) is 19.8. The molecule has 0 saturated carbocycles. The van der Waals surface area contributed by atoms with Gasteiger partial charge in [-0.25, -0.2) is 0 Å². The maximum atomic E-state index is 13.1. The van der Waals surface area contributed by atoms with Crippen LogP contribution in [-0.2, 0) is 6.54 Å². The molecular weight excluding hydrogens is 356 g/mol. The molecule has 148 valence electrons. The van der Waals surface area contributed by atoms with Crippen LogP contribution in [0.1, 0.15) is 59.0 Å². The van der Waals surface area contributed by atoms with Gasteiger partial charge in [-0.2, -0.15) is 5.10 Å². The van der Waals surface area contributed by atoms with E-state index in [-0.39, 0.29) is 30.0 Å². The number of hydrogen-bond donors (Lipinski definition) is 2. The van der Waals surface area contributed by atoms with Crippen LogP contribution in [-0.4, -0.2) is 49.8 Å². The van der Waals surface area contributed by atoms with Gasteiger partial charge in [-0.3, -0.25) is 14.3 Å². The van der Waals surface area contributed by atoms with Crippen LogP contribution in [0.15, 0.2) is 30.5 Å². The Morgan fingerprint density at radius 3 is 2.57 bits per heavy atom. The minimum Gasteiger partial charge on any atom is -0.393 e. The van der Waals surface area contributed by atoms with Crippen LogP contribution in [0.2, 0.25) is 0 Å². The van der Waals surface area contributed by atoms with Crippen LogP contribution in [0.4, 0.5) is 5.69 Å². The first-order valence-electron chi connectivity index (χ1n) is 9.92. The molecule has 2 amide bonds. The Morgan fingerprint density at radius 1 is 1.21 bits per heavy atom. The summed E-state index contributed by atoms with van der Waals surface area (Å²) >= 11 is 0. The number of carbonyl (C=O) groups excluding carboxylic acids is 2. The van der Waals surface area contributed by atoms with Crippen molar-refractivity contribution in [3.63, 3.8) is 0 Å². The van der Waals surface area contributed by atoms with E-state index in [2.05, 4.69) is 10.4 Å². The molecule has 7 heteroatoms. The molecule has 0 aliphatic carbocycles. The second-order valence-corrected chi connectivity index (χ2v) is 7.76. The van der Waals surface area contributed by atoms with Crippen molar-refractivity contribution in [2.75, 3.05) is 5.32 Å². The Kier molecular flexibility index (Phi) is 4.93. The summed E-state index contributed by atoms with van der Waals surface area (Å²) in [6, 6.07) is 7.31.